The van der Waals surface area contributed by atoms with Crippen molar-refractivity contribution in [2.75, 3.05) is 19.6 Å². The van der Waals surface area contributed by atoms with Gasteiger partial charge in [0.15, 0.2) is 0 Å². The Morgan fingerprint density at radius 2 is 2.00 bits per heavy atom. The van der Waals surface area contributed by atoms with Crippen LogP contribution >= 0.6 is 0 Å². The Kier molecular flexibility index (Phi) is 6.10. The maximum Gasteiger partial charge on any atom is 0.0757 e. The summed E-state index contributed by atoms with van der Waals surface area (Å²) in [6, 6.07) is 1.37. The summed E-state index contributed by atoms with van der Waals surface area (Å²) in [5.74, 6) is 0.927. The lowest BCUT2D eigenvalue weighted by Crippen LogP contribution is -2.61. The van der Waals surface area contributed by atoms with E-state index >= 15 is 0 Å². The van der Waals surface area contributed by atoms with Crippen molar-refractivity contribution in [3.63, 3.8) is 0 Å². The number of ether oxygens (including phenoxy) is 1. The summed E-state index contributed by atoms with van der Waals surface area (Å²) >= 11 is 0. The Bertz CT molecular complexity index is 318. The highest BCUT2D eigenvalue weighted by Crippen LogP contribution is 2.34. The molecule has 2 aliphatic rings. The minimum atomic E-state index is -0.00781. The Balaban J connectivity index is 2.07. The molecule has 1 saturated carbocycles. The molecule has 1 N–H and O–H groups in total. The zero-order valence-corrected chi connectivity index (χ0v) is 14.8. The van der Waals surface area contributed by atoms with E-state index in [1.807, 2.05) is 0 Å². The highest BCUT2D eigenvalue weighted by molar-refractivity contribution is 4.95. The van der Waals surface area contributed by atoms with Gasteiger partial charge >= 0.3 is 0 Å². The smallest absolute Gasteiger partial charge is 0.0757 e. The molecule has 0 bridgehead atoms. The summed E-state index contributed by atoms with van der Waals surface area (Å²) in [5, 5.41) is 3.75. The lowest BCUT2D eigenvalue weighted by molar-refractivity contribution is -0.144. The molecule has 0 aromatic carbocycles. The average molecular weight is 296 g/mol. The molecule has 2 rings (SSSR count). The van der Waals surface area contributed by atoms with E-state index in [1.54, 1.807) is 0 Å². The van der Waals surface area contributed by atoms with Crippen LogP contribution in [0.15, 0.2) is 0 Å². The first kappa shape index (κ1) is 17.2. The number of hydrogen-bond donors (Lipinski definition) is 1. The Labute approximate surface area is 131 Å². The van der Waals surface area contributed by atoms with Crippen molar-refractivity contribution in [2.45, 2.75) is 90.5 Å². The Hall–Kier alpha value is -0.120. The number of nitrogens with zero attached hydrogens (tertiary/aromatic N) is 1. The fourth-order valence-corrected chi connectivity index (χ4v) is 4.56. The molecule has 0 spiro atoms. The quantitative estimate of drug-likeness (QED) is 0.841. The van der Waals surface area contributed by atoms with Gasteiger partial charge in [-0.3, -0.25) is 4.90 Å². The minimum Gasteiger partial charge on any atom is -0.370 e. The molecule has 0 amide bonds. The molecule has 1 heterocycles. The summed E-state index contributed by atoms with van der Waals surface area (Å²) in [4.78, 5) is 2.73. The van der Waals surface area contributed by atoms with E-state index in [1.165, 1.54) is 32.1 Å². The maximum atomic E-state index is 6.10. The van der Waals surface area contributed by atoms with Gasteiger partial charge in [-0.1, -0.05) is 26.7 Å². The molecule has 124 valence electrons. The van der Waals surface area contributed by atoms with Crippen LogP contribution in [0, 0.1) is 5.92 Å². The second kappa shape index (κ2) is 7.43. The van der Waals surface area contributed by atoms with Gasteiger partial charge in [-0.05, 0) is 52.5 Å². The van der Waals surface area contributed by atoms with Gasteiger partial charge < -0.3 is 10.1 Å². The topological polar surface area (TPSA) is 24.5 Å². The van der Waals surface area contributed by atoms with Crippen molar-refractivity contribution < 1.29 is 4.74 Å². The predicted octanol–water partition coefficient (Wildman–Crippen LogP) is 3.43. The standard InChI is InChI=1S/C18H36N2O/c1-6-8-15-9-10-16(19-7-2)17(11-15)20-12-14(3)21-18(4,5)13-20/h14-17,19H,6-13H2,1-5H3. The van der Waals surface area contributed by atoms with E-state index in [4.69, 9.17) is 4.74 Å². The highest BCUT2D eigenvalue weighted by Gasteiger charge is 2.39. The minimum absolute atomic E-state index is 0.00781. The molecule has 1 aliphatic heterocycles. The molecule has 3 nitrogen and oxygen atoms in total. The van der Waals surface area contributed by atoms with Crippen LogP contribution in [0.5, 0.6) is 0 Å². The van der Waals surface area contributed by atoms with Gasteiger partial charge in [0.05, 0.1) is 11.7 Å². The van der Waals surface area contributed by atoms with Gasteiger partial charge in [-0.15, -0.1) is 0 Å². The summed E-state index contributed by atoms with van der Waals surface area (Å²) < 4.78 is 6.10. The molecule has 0 radical (unpaired) electrons. The fourth-order valence-electron chi connectivity index (χ4n) is 4.56. The molecule has 2 fully saturated rings. The van der Waals surface area contributed by atoms with Crippen molar-refractivity contribution in [1.82, 2.24) is 10.2 Å². The van der Waals surface area contributed by atoms with E-state index in [-0.39, 0.29) is 5.60 Å². The van der Waals surface area contributed by atoms with E-state index in [2.05, 4.69) is 44.8 Å². The van der Waals surface area contributed by atoms with E-state index in [0.29, 0.717) is 18.2 Å². The predicted molar refractivity (Wildman–Crippen MR) is 89.7 cm³/mol. The molecule has 0 aromatic rings. The average Bonchev–Trinajstić information content (AvgIpc) is 2.38. The number of rotatable bonds is 5. The van der Waals surface area contributed by atoms with Gasteiger partial charge in [0.25, 0.3) is 0 Å². The monoisotopic (exact) mass is 296 g/mol. The zero-order chi connectivity index (χ0) is 15.5. The Morgan fingerprint density at radius 1 is 1.24 bits per heavy atom. The van der Waals surface area contributed by atoms with Gasteiger partial charge in [0, 0.05) is 25.2 Å². The molecule has 4 unspecified atom stereocenters. The molecular weight excluding hydrogens is 260 g/mol. The van der Waals surface area contributed by atoms with E-state index in [0.717, 1.165) is 25.6 Å². The van der Waals surface area contributed by atoms with Crippen molar-refractivity contribution in [3.8, 4) is 0 Å². The maximum absolute atomic E-state index is 6.10. The molecule has 21 heavy (non-hydrogen) atoms. The Morgan fingerprint density at radius 3 is 2.62 bits per heavy atom. The number of hydrogen-bond acceptors (Lipinski definition) is 3. The summed E-state index contributed by atoms with van der Waals surface area (Å²) in [6.45, 7) is 14.5. The normalized spacial score (nSPS) is 37.6. The van der Waals surface area contributed by atoms with Gasteiger partial charge in [-0.2, -0.15) is 0 Å². The first-order chi connectivity index (χ1) is 9.95. The summed E-state index contributed by atoms with van der Waals surface area (Å²) in [7, 11) is 0. The summed E-state index contributed by atoms with van der Waals surface area (Å²) in [5.41, 5.74) is -0.00781. The number of nitrogens with one attached hydrogen (secondary N) is 1. The lowest BCUT2D eigenvalue weighted by Gasteiger charge is -2.49. The van der Waals surface area contributed by atoms with Crippen molar-refractivity contribution in [2.24, 2.45) is 5.92 Å². The fraction of sp³-hybridized carbons (Fsp3) is 1.00. The largest absolute Gasteiger partial charge is 0.370 e. The number of morpholine rings is 1. The van der Waals surface area contributed by atoms with Crippen LogP contribution in [0.4, 0.5) is 0 Å². The van der Waals surface area contributed by atoms with Crippen molar-refractivity contribution in [3.05, 3.63) is 0 Å². The van der Waals surface area contributed by atoms with Crippen LogP contribution in [0.2, 0.25) is 0 Å². The second-order valence-corrected chi connectivity index (χ2v) is 7.82. The van der Waals surface area contributed by atoms with Crippen molar-refractivity contribution >= 4 is 0 Å². The first-order valence-corrected chi connectivity index (χ1v) is 9.10. The van der Waals surface area contributed by atoms with E-state index in [9.17, 15) is 0 Å². The third-order valence-electron chi connectivity index (χ3n) is 5.15. The van der Waals surface area contributed by atoms with Gasteiger partial charge in [-0.25, -0.2) is 0 Å². The molecular formula is C18H36N2O. The van der Waals surface area contributed by atoms with Crippen LogP contribution < -0.4 is 5.32 Å². The molecule has 3 heteroatoms. The molecule has 1 saturated heterocycles. The molecule has 0 aromatic heterocycles. The van der Waals surface area contributed by atoms with Crippen LogP contribution in [0.1, 0.15) is 66.7 Å². The van der Waals surface area contributed by atoms with Gasteiger partial charge in [0.2, 0.25) is 0 Å². The van der Waals surface area contributed by atoms with Crippen LogP contribution in [0.25, 0.3) is 0 Å². The van der Waals surface area contributed by atoms with Crippen LogP contribution in [0.3, 0.4) is 0 Å². The van der Waals surface area contributed by atoms with Gasteiger partial charge in [0.1, 0.15) is 0 Å². The highest BCUT2D eigenvalue weighted by atomic mass is 16.5. The summed E-state index contributed by atoms with van der Waals surface area (Å²) in [6.07, 6.45) is 7.20. The van der Waals surface area contributed by atoms with Crippen LogP contribution in [-0.2, 0) is 4.74 Å². The molecule has 4 atom stereocenters. The third kappa shape index (κ3) is 4.67. The molecule has 1 aliphatic carbocycles. The second-order valence-electron chi connectivity index (χ2n) is 7.82. The third-order valence-corrected chi connectivity index (χ3v) is 5.15. The number of likely N-dealkylation sites (N-methyl/N-ethyl adjacent to an activating group) is 1. The van der Waals surface area contributed by atoms with Crippen molar-refractivity contribution in [1.29, 1.82) is 0 Å². The first-order valence-electron chi connectivity index (χ1n) is 9.10. The van der Waals surface area contributed by atoms with E-state index < -0.39 is 0 Å². The lowest BCUT2D eigenvalue weighted by atomic mass is 9.79. The van der Waals surface area contributed by atoms with Crippen LogP contribution in [-0.4, -0.2) is 48.3 Å². The SMILES string of the molecule is CCCC1CCC(NCC)C(N2CC(C)OC(C)(C)C2)C1. The zero-order valence-electron chi connectivity index (χ0n) is 14.8.